The van der Waals surface area contributed by atoms with Gasteiger partial charge in [-0.2, -0.15) is 5.10 Å². The average molecular weight is 452 g/mol. The number of rotatable bonds is 8. The normalized spacial score (nSPS) is 10.8. The van der Waals surface area contributed by atoms with Gasteiger partial charge in [0.2, 0.25) is 5.91 Å². The van der Waals surface area contributed by atoms with Crippen molar-refractivity contribution in [1.29, 1.82) is 0 Å². The predicted octanol–water partition coefficient (Wildman–Crippen LogP) is 3.25. The standard InChI is InChI=1S/C22H21N5O4S/c1-3-31-16-9-7-15(8-10-16)27-21(29)18-12-23-26-20(18)25-22(27)32-13-19(28)24-14-5-4-6-17(11-14)30-2/h4-12H,3,13H2,1-2H3,(H,23,26)(H,24,28). The Kier molecular flexibility index (Phi) is 6.41. The summed E-state index contributed by atoms with van der Waals surface area (Å²) in [5, 5.41) is 10.2. The van der Waals surface area contributed by atoms with Gasteiger partial charge in [-0.3, -0.25) is 19.3 Å². The molecule has 164 valence electrons. The number of H-pyrrole nitrogens is 1. The van der Waals surface area contributed by atoms with E-state index in [-0.39, 0.29) is 17.2 Å². The van der Waals surface area contributed by atoms with Crippen LogP contribution in [-0.2, 0) is 4.79 Å². The molecule has 2 heterocycles. The molecule has 0 spiro atoms. The Bertz CT molecular complexity index is 1300. The van der Waals surface area contributed by atoms with E-state index in [0.717, 1.165) is 11.8 Å². The lowest BCUT2D eigenvalue weighted by Crippen LogP contribution is -2.22. The minimum absolute atomic E-state index is 0.0559. The lowest BCUT2D eigenvalue weighted by molar-refractivity contribution is -0.113. The minimum atomic E-state index is -0.274. The molecule has 32 heavy (non-hydrogen) atoms. The number of aromatic amines is 1. The van der Waals surface area contributed by atoms with Crippen LogP contribution in [0.3, 0.4) is 0 Å². The molecule has 0 saturated heterocycles. The molecular formula is C22H21N5O4S. The molecule has 0 aliphatic carbocycles. The summed E-state index contributed by atoms with van der Waals surface area (Å²) in [6, 6.07) is 14.2. The molecule has 2 aromatic carbocycles. The number of nitrogens with zero attached hydrogens (tertiary/aromatic N) is 3. The van der Waals surface area contributed by atoms with E-state index in [1.807, 2.05) is 6.92 Å². The summed E-state index contributed by atoms with van der Waals surface area (Å²) in [4.78, 5) is 30.2. The summed E-state index contributed by atoms with van der Waals surface area (Å²) in [6.45, 7) is 2.45. The maximum absolute atomic E-state index is 13.1. The fourth-order valence-electron chi connectivity index (χ4n) is 3.08. The monoisotopic (exact) mass is 451 g/mol. The summed E-state index contributed by atoms with van der Waals surface area (Å²) < 4.78 is 12.1. The van der Waals surface area contributed by atoms with Crippen LogP contribution in [0.4, 0.5) is 5.69 Å². The van der Waals surface area contributed by atoms with Crippen LogP contribution in [0.1, 0.15) is 6.92 Å². The van der Waals surface area contributed by atoms with Crippen LogP contribution in [0.5, 0.6) is 11.5 Å². The van der Waals surface area contributed by atoms with Gasteiger partial charge in [0.15, 0.2) is 10.8 Å². The number of amides is 1. The van der Waals surface area contributed by atoms with Gasteiger partial charge >= 0.3 is 0 Å². The highest BCUT2D eigenvalue weighted by molar-refractivity contribution is 7.99. The number of fused-ring (bicyclic) bond motifs is 1. The molecule has 0 fully saturated rings. The van der Waals surface area contributed by atoms with Crippen molar-refractivity contribution < 1.29 is 14.3 Å². The highest BCUT2D eigenvalue weighted by Gasteiger charge is 2.16. The highest BCUT2D eigenvalue weighted by Crippen LogP contribution is 2.23. The molecule has 0 bridgehead atoms. The molecule has 4 aromatic rings. The van der Waals surface area contributed by atoms with Crippen molar-refractivity contribution in [2.24, 2.45) is 0 Å². The van der Waals surface area contributed by atoms with E-state index in [1.54, 1.807) is 55.6 Å². The molecule has 0 atom stereocenters. The van der Waals surface area contributed by atoms with Crippen molar-refractivity contribution in [3.05, 3.63) is 65.1 Å². The van der Waals surface area contributed by atoms with E-state index in [9.17, 15) is 9.59 Å². The van der Waals surface area contributed by atoms with Gasteiger partial charge in [0.1, 0.15) is 16.9 Å². The SMILES string of the molecule is CCOc1ccc(-n2c(SCC(=O)Nc3cccc(OC)c3)nc3[nH]ncc3c2=O)cc1. The fourth-order valence-corrected chi connectivity index (χ4v) is 3.89. The largest absolute Gasteiger partial charge is 0.497 e. The van der Waals surface area contributed by atoms with Gasteiger partial charge in [0.05, 0.1) is 31.4 Å². The molecule has 0 radical (unpaired) electrons. The van der Waals surface area contributed by atoms with Crippen molar-refractivity contribution in [3.8, 4) is 17.2 Å². The molecular weight excluding hydrogens is 430 g/mol. The minimum Gasteiger partial charge on any atom is -0.497 e. The number of aromatic nitrogens is 4. The van der Waals surface area contributed by atoms with Crippen LogP contribution in [0.15, 0.2) is 64.7 Å². The van der Waals surface area contributed by atoms with Crippen LogP contribution >= 0.6 is 11.8 Å². The Morgan fingerprint density at radius 3 is 2.75 bits per heavy atom. The zero-order chi connectivity index (χ0) is 22.5. The Hall–Kier alpha value is -3.79. The summed E-state index contributed by atoms with van der Waals surface area (Å²) in [7, 11) is 1.56. The smallest absolute Gasteiger partial charge is 0.269 e. The first-order valence-corrected chi connectivity index (χ1v) is 10.8. The third-order valence-electron chi connectivity index (χ3n) is 4.54. The average Bonchev–Trinajstić information content (AvgIpc) is 3.28. The molecule has 10 heteroatoms. The van der Waals surface area contributed by atoms with Crippen LogP contribution in [-0.4, -0.2) is 45.1 Å². The van der Waals surface area contributed by atoms with Crippen molar-refractivity contribution in [2.45, 2.75) is 12.1 Å². The number of ether oxygens (including phenoxy) is 2. The van der Waals surface area contributed by atoms with Crippen molar-refractivity contribution in [1.82, 2.24) is 19.7 Å². The molecule has 0 aliphatic rings. The molecule has 2 N–H and O–H groups in total. The summed E-state index contributed by atoms with van der Waals surface area (Å²) in [5.41, 5.74) is 1.33. The van der Waals surface area contributed by atoms with Crippen molar-refractivity contribution >= 4 is 34.4 Å². The molecule has 0 aliphatic heterocycles. The zero-order valence-corrected chi connectivity index (χ0v) is 18.3. The number of carbonyl (C=O) groups excluding carboxylic acids is 1. The second-order valence-corrected chi connectivity index (χ2v) is 7.61. The molecule has 2 aromatic heterocycles. The number of hydrogen-bond donors (Lipinski definition) is 2. The number of hydrogen-bond acceptors (Lipinski definition) is 7. The van der Waals surface area contributed by atoms with Crippen molar-refractivity contribution in [3.63, 3.8) is 0 Å². The number of anilines is 1. The van der Waals surface area contributed by atoms with E-state index in [2.05, 4.69) is 20.5 Å². The van der Waals surface area contributed by atoms with E-state index in [0.29, 0.717) is 45.7 Å². The molecule has 0 unspecified atom stereocenters. The third kappa shape index (κ3) is 4.59. The zero-order valence-electron chi connectivity index (χ0n) is 17.5. The van der Waals surface area contributed by atoms with Crippen LogP contribution in [0.2, 0.25) is 0 Å². The number of benzene rings is 2. The van der Waals surface area contributed by atoms with Gasteiger partial charge in [0, 0.05) is 11.8 Å². The van der Waals surface area contributed by atoms with Crippen LogP contribution in [0, 0.1) is 0 Å². The van der Waals surface area contributed by atoms with Gasteiger partial charge in [-0.1, -0.05) is 17.8 Å². The van der Waals surface area contributed by atoms with Crippen LogP contribution in [0.25, 0.3) is 16.7 Å². The Morgan fingerprint density at radius 2 is 2.00 bits per heavy atom. The molecule has 1 amide bonds. The van der Waals surface area contributed by atoms with E-state index in [4.69, 9.17) is 9.47 Å². The van der Waals surface area contributed by atoms with Crippen LogP contribution < -0.4 is 20.3 Å². The first-order valence-electron chi connectivity index (χ1n) is 9.85. The first-order chi connectivity index (χ1) is 15.6. The molecule has 4 rings (SSSR count). The topological polar surface area (TPSA) is 111 Å². The van der Waals surface area contributed by atoms with E-state index in [1.165, 1.54) is 10.8 Å². The number of thioether (sulfide) groups is 1. The summed E-state index contributed by atoms with van der Waals surface area (Å²) in [5.74, 6) is 1.17. The Labute approximate surface area is 187 Å². The van der Waals surface area contributed by atoms with E-state index >= 15 is 0 Å². The van der Waals surface area contributed by atoms with Gasteiger partial charge in [-0.05, 0) is 43.3 Å². The lowest BCUT2D eigenvalue weighted by atomic mass is 10.3. The summed E-state index contributed by atoms with van der Waals surface area (Å²) in [6.07, 6.45) is 1.44. The van der Waals surface area contributed by atoms with Gasteiger partial charge in [-0.25, -0.2) is 4.98 Å². The second-order valence-electron chi connectivity index (χ2n) is 6.66. The van der Waals surface area contributed by atoms with E-state index < -0.39 is 0 Å². The highest BCUT2D eigenvalue weighted by atomic mass is 32.2. The lowest BCUT2D eigenvalue weighted by Gasteiger charge is -2.13. The first kappa shape index (κ1) is 21.4. The van der Waals surface area contributed by atoms with Gasteiger partial charge in [0.25, 0.3) is 5.56 Å². The summed E-state index contributed by atoms with van der Waals surface area (Å²) >= 11 is 1.16. The molecule has 0 saturated carbocycles. The molecule has 9 nitrogen and oxygen atoms in total. The Balaban J connectivity index is 1.60. The number of nitrogens with one attached hydrogen (secondary N) is 2. The number of methoxy groups -OCH3 is 1. The third-order valence-corrected chi connectivity index (χ3v) is 5.48. The Morgan fingerprint density at radius 1 is 1.19 bits per heavy atom. The number of carbonyl (C=O) groups is 1. The van der Waals surface area contributed by atoms with Gasteiger partial charge in [-0.15, -0.1) is 0 Å². The van der Waals surface area contributed by atoms with Gasteiger partial charge < -0.3 is 14.8 Å². The fraction of sp³-hybridized carbons (Fsp3) is 0.182. The van der Waals surface area contributed by atoms with Crippen molar-refractivity contribution in [2.75, 3.05) is 24.8 Å². The quantitative estimate of drug-likeness (QED) is 0.312. The maximum Gasteiger partial charge on any atom is 0.269 e. The predicted molar refractivity (Wildman–Crippen MR) is 123 cm³/mol. The second kappa shape index (κ2) is 9.56. The maximum atomic E-state index is 13.1.